The Morgan fingerprint density at radius 1 is 1.50 bits per heavy atom. The Balaban J connectivity index is 2.67. The van der Waals surface area contributed by atoms with Crippen LogP contribution in [0.1, 0.15) is 19.8 Å². The van der Waals surface area contributed by atoms with Crippen LogP contribution in [0.5, 0.6) is 5.75 Å². The van der Waals surface area contributed by atoms with E-state index in [9.17, 15) is 4.39 Å². The molecule has 0 saturated heterocycles. The first kappa shape index (κ1) is 12.8. The van der Waals surface area contributed by atoms with E-state index < -0.39 is 0 Å². The van der Waals surface area contributed by atoms with Crippen LogP contribution in [0.2, 0.25) is 0 Å². The zero-order valence-corrected chi connectivity index (χ0v) is 9.66. The molecule has 0 radical (unpaired) electrons. The average molecular weight is 227 g/mol. The fourth-order valence-electron chi connectivity index (χ4n) is 1.53. The highest BCUT2D eigenvalue weighted by molar-refractivity contribution is 5.56. The zero-order chi connectivity index (χ0) is 12.0. The Morgan fingerprint density at radius 3 is 2.88 bits per heavy atom. The molecule has 3 nitrogen and oxygen atoms in total. The molecule has 0 bridgehead atoms. The Morgan fingerprint density at radius 2 is 2.25 bits per heavy atom. The molecule has 90 valence electrons. The van der Waals surface area contributed by atoms with Gasteiger partial charge in [0.2, 0.25) is 0 Å². The van der Waals surface area contributed by atoms with Gasteiger partial charge >= 0.3 is 0 Å². The predicted octanol–water partition coefficient (Wildman–Crippen LogP) is 2.41. The number of anilines is 1. The Kier molecular flexibility index (Phi) is 5.05. The monoisotopic (exact) mass is 227 g/mol. The van der Waals surface area contributed by atoms with Crippen LogP contribution >= 0.6 is 0 Å². The van der Waals surface area contributed by atoms with E-state index in [1.165, 1.54) is 12.1 Å². The molecule has 2 N–H and O–H groups in total. The van der Waals surface area contributed by atoms with Gasteiger partial charge in [0.1, 0.15) is 11.6 Å². The highest BCUT2D eigenvalue weighted by Gasteiger charge is 2.07. The number of nitrogens with one attached hydrogen (secondary N) is 1. The van der Waals surface area contributed by atoms with Crippen molar-refractivity contribution in [2.45, 2.75) is 25.8 Å². The van der Waals surface area contributed by atoms with E-state index in [0.29, 0.717) is 11.4 Å². The van der Waals surface area contributed by atoms with Crippen molar-refractivity contribution in [1.82, 2.24) is 0 Å². The summed E-state index contributed by atoms with van der Waals surface area (Å²) in [6, 6.07) is 4.54. The number of halogens is 1. The quantitative estimate of drug-likeness (QED) is 0.784. The highest BCUT2D eigenvalue weighted by atomic mass is 19.1. The average Bonchev–Trinajstić information content (AvgIpc) is 2.27. The summed E-state index contributed by atoms with van der Waals surface area (Å²) in [5, 5.41) is 11.9. The molecule has 16 heavy (non-hydrogen) atoms. The molecule has 4 heteroatoms. The van der Waals surface area contributed by atoms with Gasteiger partial charge in [-0.05, 0) is 31.9 Å². The lowest BCUT2D eigenvalue weighted by atomic mass is 10.1. The van der Waals surface area contributed by atoms with Crippen LogP contribution in [-0.4, -0.2) is 24.9 Å². The van der Waals surface area contributed by atoms with Crippen LogP contribution in [0, 0.1) is 5.82 Å². The fourth-order valence-corrected chi connectivity index (χ4v) is 1.53. The summed E-state index contributed by atoms with van der Waals surface area (Å²) in [4.78, 5) is 0. The van der Waals surface area contributed by atoms with Crippen LogP contribution in [0.3, 0.4) is 0 Å². The van der Waals surface area contributed by atoms with Crippen molar-refractivity contribution in [3.63, 3.8) is 0 Å². The van der Waals surface area contributed by atoms with Crippen molar-refractivity contribution in [1.29, 1.82) is 0 Å². The van der Waals surface area contributed by atoms with Gasteiger partial charge in [-0.25, -0.2) is 4.39 Å². The van der Waals surface area contributed by atoms with Crippen molar-refractivity contribution in [2.75, 3.05) is 19.0 Å². The van der Waals surface area contributed by atoms with E-state index in [1.807, 2.05) is 6.92 Å². The second kappa shape index (κ2) is 6.33. The molecule has 0 fully saturated rings. The van der Waals surface area contributed by atoms with Crippen molar-refractivity contribution in [3.8, 4) is 5.75 Å². The van der Waals surface area contributed by atoms with Gasteiger partial charge in [-0.15, -0.1) is 0 Å². The Bertz CT molecular complexity index is 331. The SMILES string of the molecule is COc1ccc(F)cc1NC(C)CCCO. The molecular weight excluding hydrogens is 209 g/mol. The summed E-state index contributed by atoms with van der Waals surface area (Å²) < 4.78 is 18.2. The zero-order valence-electron chi connectivity index (χ0n) is 9.66. The number of hydrogen-bond donors (Lipinski definition) is 2. The summed E-state index contributed by atoms with van der Waals surface area (Å²) in [5.74, 6) is 0.329. The number of aliphatic hydroxyl groups is 1. The van der Waals surface area contributed by atoms with Crippen molar-refractivity contribution in [3.05, 3.63) is 24.0 Å². The molecule has 0 saturated carbocycles. The van der Waals surface area contributed by atoms with Crippen LogP contribution in [-0.2, 0) is 0 Å². The van der Waals surface area contributed by atoms with E-state index in [4.69, 9.17) is 9.84 Å². The minimum absolute atomic E-state index is 0.169. The topological polar surface area (TPSA) is 41.5 Å². The third-order valence-electron chi connectivity index (χ3n) is 2.36. The molecule has 1 atom stereocenters. The summed E-state index contributed by atoms with van der Waals surface area (Å²) in [6.45, 7) is 2.16. The second-order valence-electron chi connectivity index (χ2n) is 3.76. The summed E-state index contributed by atoms with van der Waals surface area (Å²) in [7, 11) is 1.55. The molecule has 0 aliphatic heterocycles. The van der Waals surface area contributed by atoms with Gasteiger partial charge < -0.3 is 15.2 Å². The van der Waals surface area contributed by atoms with Crippen LogP contribution < -0.4 is 10.1 Å². The van der Waals surface area contributed by atoms with E-state index in [2.05, 4.69) is 5.32 Å². The maximum Gasteiger partial charge on any atom is 0.142 e. The van der Waals surface area contributed by atoms with E-state index in [1.54, 1.807) is 13.2 Å². The summed E-state index contributed by atoms with van der Waals surface area (Å²) in [6.07, 6.45) is 1.56. The van der Waals surface area contributed by atoms with Gasteiger partial charge in [-0.2, -0.15) is 0 Å². The molecule has 1 aromatic carbocycles. The Labute approximate surface area is 95.2 Å². The largest absolute Gasteiger partial charge is 0.495 e. The van der Waals surface area contributed by atoms with Crippen LogP contribution in [0.15, 0.2) is 18.2 Å². The lowest BCUT2D eigenvalue weighted by Crippen LogP contribution is -2.16. The van der Waals surface area contributed by atoms with Crippen molar-refractivity contribution >= 4 is 5.69 Å². The molecule has 0 aliphatic rings. The summed E-state index contributed by atoms with van der Waals surface area (Å²) in [5.41, 5.74) is 0.646. The van der Waals surface area contributed by atoms with Gasteiger partial charge in [0, 0.05) is 18.7 Å². The third-order valence-corrected chi connectivity index (χ3v) is 2.36. The smallest absolute Gasteiger partial charge is 0.142 e. The molecule has 0 aromatic heterocycles. The number of hydrogen-bond acceptors (Lipinski definition) is 3. The minimum Gasteiger partial charge on any atom is -0.495 e. The molecule has 0 aliphatic carbocycles. The minimum atomic E-state index is -0.294. The van der Waals surface area contributed by atoms with Gasteiger partial charge in [0.15, 0.2) is 0 Å². The molecule has 0 spiro atoms. The lowest BCUT2D eigenvalue weighted by molar-refractivity contribution is 0.282. The number of aliphatic hydroxyl groups excluding tert-OH is 1. The first-order chi connectivity index (χ1) is 7.67. The third kappa shape index (κ3) is 3.70. The van der Waals surface area contributed by atoms with Gasteiger partial charge in [0.05, 0.1) is 12.8 Å². The normalized spacial score (nSPS) is 12.2. The number of benzene rings is 1. The molecule has 1 rings (SSSR count). The van der Waals surface area contributed by atoms with Gasteiger partial charge in [-0.3, -0.25) is 0 Å². The van der Waals surface area contributed by atoms with Gasteiger partial charge in [-0.1, -0.05) is 0 Å². The molecule has 0 amide bonds. The van der Waals surface area contributed by atoms with Gasteiger partial charge in [0.25, 0.3) is 0 Å². The molecular formula is C12H18FNO2. The highest BCUT2D eigenvalue weighted by Crippen LogP contribution is 2.25. The standard InChI is InChI=1S/C12H18FNO2/c1-9(4-3-7-15)14-11-8-10(13)5-6-12(11)16-2/h5-6,8-9,14-15H,3-4,7H2,1-2H3. The van der Waals surface area contributed by atoms with E-state index in [0.717, 1.165) is 12.8 Å². The Hall–Kier alpha value is -1.29. The first-order valence-electron chi connectivity index (χ1n) is 5.38. The van der Waals surface area contributed by atoms with Crippen LogP contribution in [0.25, 0.3) is 0 Å². The summed E-state index contributed by atoms with van der Waals surface area (Å²) >= 11 is 0. The van der Waals surface area contributed by atoms with E-state index >= 15 is 0 Å². The number of ether oxygens (including phenoxy) is 1. The predicted molar refractivity (Wildman–Crippen MR) is 62.4 cm³/mol. The van der Waals surface area contributed by atoms with Crippen molar-refractivity contribution in [2.24, 2.45) is 0 Å². The van der Waals surface area contributed by atoms with E-state index in [-0.39, 0.29) is 18.5 Å². The number of methoxy groups -OCH3 is 1. The molecule has 1 aromatic rings. The van der Waals surface area contributed by atoms with Crippen LogP contribution in [0.4, 0.5) is 10.1 Å². The lowest BCUT2D eigenvalue weighted by Gasteiger charge is -2.17. The van der Waals surface area contributed by atoms with Crippen molar-refractivity contribution < 1.29 is 14.2 Å². The maximum absolute atomic E-state index is 13.1. The number of rotatable bonds is 6. The molecule has 1 unspecified atom stereocenters. The second-order valence-corrected chi connectivity index (χ2v) is 3.76. The maximum atomic E-state index is 13.1. The fraction of sp³-hybridized carbons (Fsp3) is 0.500. The first-order valence-corrected chi connectivity index (χ1v) is 5.38. The molecule has 0 heterocycles.